The summed E-state index contributed by atoms with van der Waals surface area (Å²) in [6.07, 6.45) is 0.812. The molecular weight excluding hydrogens is 270 g/mol. The number of carbonyl (C=O) groups is 1. The first kappa shape index (κ1) is 11.3. The van der Waals surface area contributed by atoms with Crippen LogP contribution in [0.1, 0.15) is 35.6 Å². The van der Waals surface area contributed by atoms with Gasteiger partial charge in [-0.3, -0.25) is 9.89 Å². The van der Waals surface area contributed by atoms with Crippen LogP contribution >= 0.6 is 15.9 Å². The van der Waals surface area contributed by atoms with Gasteiger partial charge in [0.15, 0.2) is 6.29 Å². The maximum atomic E-state index is 11.0. The van der Waals surface area contributed by atoms with E-state index in [1.165, 1.54) is 0 Å². The first-order valence-corrected chi connectivity index (χ1v) is 5.73. The maximum absolute atomic E-state index is 11.0. The minimum Gasteiger partial charge on any atom is -0.298 e. The summed E-state index contributed by atoms with van der Waals surface area (Å²) in [6.45, 7) is 5.87. The number of aromatic amines is 1. The zero-order valence-corrected chi connectivity index (χ0v) is 10.9. The van der Waals surface area contributed by atoms with E-state index in [9.17, 15) is 4.79 Å². The summed E-state index contributed by atoms with van der Waals surface area (Å²) in [6, 6.07) is 1.77. The largest absolute Gasteiger partial charge is 0.298 e. The van der Waals surface area contributed by atoms with Gasteiger partial charge in [-0.2, -0.15) is 5.10 Å². The lowest BCUT2D eigenvalue weighted by Crippen LogP contribution is -2.10. The Morgan fingerprint density at radius 2 is 2.12 bits per heavy atom. The fourth-order valence-electron chi connectivity index (χ4n) is 1.52. The number of aryl methyl sites for hydroxylation is 1. The number of rotatable bonds is 2. The molecule has 0 saturated carbocycles. The normalized spacial score (nSPS) is 12.0. The number of aromatic nitrogens is 3. The summed E-state index contributed by atoms with van der Waals surface area (Å²) in [4.78, 5) is 15.5. The summed E-state index contributed by atoms with van der Waals surface area (Å²) in [5.74, 6) is 0. The average Bonchev–Trinajstić information content (AvgIpc) is 2.58. The van der Waals surface area contributed by atoms with Crippen LogP contribution in [0, 0.1) is 6.92 Å². The molecule has 16 heavy (non-hydrogen) atoms. The van der Waals surface area contributed by atoms with E-state index in [0.29, 0.717) is 11.1 Å². The SMILES string of the molecule is Cc1[nH]nc2c(C=O)cc(C(C)(C)Br)nc12. The number of fused-ring (bicyclic) bond motifs is 1. The number of H-pyrrole nitrogens is 1. The number of hydrogen-bond acceptors (Lipinski definition) is 3. The van der Waals surface area contributed by atoms with Crippen LogP contribution in [0.2, 0.25) is 0 Å². The van der Waals surface area contributed by atoms with Crippen LogP contribution in [0.5, 0.6) is 0 Å². The minimum atomic E-state index is -0.261. The highest BCUT2D eigenvalue weighted by Gasteiger charge is 2.21. The van der Waals surface area contributed by atoms with Crippen molar-refractivity contribution in [1.29, 1.82) is 0 Å². The van der Waals surface area contributed by atoms with Gasteiger partial charge in [-0.15, -0.1) is 0 Å². The van der Waals surface area contributed by atoms with Crippen LogP contribution in [-0.2, 0) is 4.32 Å². The molecule has 0 radical (unpaired) electrons. The van der Waals surface area contributed by atoms with Crippen LogP contribution in [0.4, 0.5) is 0 Å². The van der Waals surface area contributed by atoms with Gasteiger partial charge in [-0.05, 0) is 26.8 Å². The van der Waals surface area contributed by atoms with Crippen molar-refractivity contribution in [2.24, 2.45) is 0 Å². The van der Waals surface area contributed by atoms with E-state index in [-0.39, 0.29) is 4.32 Å². The van der Waals surface area contributed by atoms with Gasteiger partial charge in [0.1, 0.15) is 11.0 Å². The highest BCUT2D eigenvalue weighted by atomic mass is 79.9. The first-order chi connectivity index (χ1) is 7.43. The third-order valence-corrected chi connectivity index (χ3v) is 2.86. The number of nitrogens with one attached hydrogen (secondary N) is 1. The Balaban J connectivity index is 2.81. The Hall–Kier alpha value is -1.23. The van der Waals surface area contributed by atoms with Gasteiger partial charge in [0.05, 0.1) is 15.7 Å². The smallest absolute Gasteiger partial charge is 0.152 e. The predicted octanol–water partition coefficient (Wildman–Crippen LogP) is 2.71. The number of alkyl halides is 1. The number of hydrogen-bond donors (Lipinski definition) is 1. The molecule has 2 aromatic rings. The van der Waals surface area contributed by atoms with Crippen LogP contribution in [0.3, 0.4) is 0 Å². The zero-order chi connectivity index (χ0) is 11.9. The zero-order valence-electron chi connectivity index (χ0n) is 9.34. The molecule has 0 aromatic carbocycles. The number of carbonyl (C=O) groups excluding carboxylic acids is 1. The quantitative estimate of drug-likeness (QED) is 0.680. The molecule has 0 unspecified atom stereocenters. The van der Waals surface area contributed by atoms with Gasteiger partial charge in [-0.1, -0.05) is 15.9 Å². The van der Waals surface area contributed by atoms with Crippen molar-refractivity contribution in [2.75, 3.05) is 0 Å². The lowest BCUT2D eigenvalue weighted by Gasteiger charge is -2.15. The fourth-order valence-corrected chi connectivity index (χ4v) is 1.73. The third-order valence-electron chi connectivity index (χ3n) is 2.45. The number of pyridine rings is 1. The van der Waals surface area contributed by atoms with Crippen LogP contribution in [-0.4, -0.2) is 21.5 Å². The van der Waals surface area contributed by atoms with Crippen LogP contribution in [0.25, 0.3) is 11.0 Å². The van der Waals surface area contributed by atoms with E-state index in [1.54, 1.807) is 6.07 Å². The average molecular weight is 282 g/mol. The summed E-state index contributed by atoms with van der Waals surface area (Å²) in [5.41, 5.74) is 3.65. The highest BCUT2D eigenvalue weighted by Crippen LogP contribution is 2.31. The Morgan fingerprint density at radius 1 is 1.44 bits per heavy atom. The molecule has 2 heterocycles. The summed E-state index contributed by atoms with van der Waals surface area (Å²) >= 11 is 3.54. The van der Waals surface area contributed by atoms with Gasteiger partial charge < -0.3 is 0 Å². The first-order valence-electron chi connectivity index (χ1n) is 4.94. The third kappa shape index (κ3) is 1.75. The molecule has 0 saturated heterocycles. The van der Waals surface area contributed by atoms with Gasteiger partial charge in [0.25, 0.3) is 0 Å². The molecular formula is C11H12BrN3O. The van der Waals surface area contributed by atoms with Gasteiger partial charge >= 0.3 is 0 Å². The Bertz CT molecular complexity index is 554. The Morgan fingerprint density at radius 3 is 2.69 bits per heavy atom. The molecule has 84 valence electrons. The van der Waals surface area contributed by atoms with Crippen LogP contribution in [0.15, 0.2) is 6.07 Å². The summed E-state index contributed by atoms with van der Waals surface area (Å²) in [5, 5.41) is 6.92. The number of aldehydes is 1. The second kappa shape index (κ2) is 3.66. The van der Waals surface area contributed by atoms with Crippen molar-refractivity contribution in [3.8, 4) is 0 Å². The second-order valence-electron chi connectivity index (χ2n) is 4.23. The molecule has 0 aliphatic heterocycles. The van der Waals surface area contributed by atoms with E-state index in [2.05, 4.69) is 31.1 Å². The molecule has 0 spiro atoms. The van der Waals surface area contributed by atoms with Crippen molar-refractivity contribution >= 4 is 33.2 Å². The van der Waals surface area contributed by atoms with Crippen LogP contribution < -0.4 is 0 Å². The van der Waals surface area contributed by atoms with Gasteiger partial charge in [-0.25, -0.2) is 4.98 Å². The predicted molar refractivity (Wildman–Crippen MR) is 66.0 cm³/mol. The molecule has 2 aromatic heterocycles. The van der Waals surface area contributed by atoms with Crippen molar-refractivity contribution in [1.82, 2.24) is 15.2 Å². The molecule has 0 aliphatic rings. The molecule has 5 heteroatoms. The standard InChI is InChI=1S/C11H12BrN3O/c1-6-9-10(15-14-6)7(5-16)4-8(13-9)11(2,3)12/h4-5H,1-3H3,(H,14,15). The molecule has 2 rings (SSSR count). The van der Waals surface area contributed by atoms with Crippen molar-refractivity contribution in [3.05, 3.63) is 23.0 Å². The van der Waals surface area contributed by atoms with Crippen molar-refractivity contribution in [3.63, 3.8) is 0 Å². The van der Waals surface area contributed by atoms with E-state index < -0.39 is 0 Å². The molecule has 0 amide bonds. The van der Waals surface area contributed by atoms with E-state index in [4.69, 9.17) is 0 Å². The lowest BCUT2D eigenvalue weighted by molar-refractivity contribution is 0.112. The van der Waals surface area contributed by atoms with Gasteiger partial charge in [0.2, 0.25) is 0 Å². The van der Waals surface area contributed by atoms with Gasteiger partial charge in [0, 0.05) is 5.56 Å². The van der Waals surface area contributed by atoms with E-state index >= 15 is 0 Å². The monoisotopic (exact) mass is 281 g/mol. The Kier molecular flexibility index (Phi) is 2.58. The summed E-state index contributed by atoms with van der Waals surface area (Å²) in [7, 11) is 0. The summed E-state index contributed by atoms with van der Waals surface area (Å²) < 4.78 is -0.261. The van der Waals surface area contributed by atoms with E-state index in [0.717, 1.165) is 23.2 Å². The van der Waals surface area contributed by atoms with Crippen molar-refractivity contribution < 1.29 is 4.79 Å². The second-order valence-corrected chi connectivity index (χ2v) is 6.22. The molecule has 0 fully saturated rings. The Labute approximate surface area is 102 Å². The molecule has 0 atom stereocenters. The maximum Gasteiger partial charge on any atom is 0.152 e. The minimum absolute atomic E-state index is 0.261. The highest BCUT2D eigenvalue weighted by molar-refractivity contribution is 9.09. The topological polar surface area (TPSA) is 58.6 Å². The molecule has 0 aliphatic carbocycles. The lowest BCUT2D eigenvalue weighted by atomic mass is 10.1. The fraction of sp³-hybridized carbons (Fsp3) is 0.364. The molecule has 4 nitrogen and oxygen atoms in total. The molecule has 1 N–H and O–H groups in total. The van der Waals surface area contributed by atoms with E-state index in [1.807, 2.05) is 20.8 Å². The number of nitrogens with zero attached hydrogens (tertiary/aromatic N) is 2. The number of halogens is 1. The van der Waals surface area contributed by atoms with Crippen molar-refractivity contribution in [2.45, 2.75) is 25.1 Å². The molecule has 0 bridgehead atoms.